The van der Waals surface area contributed by atoms with Crippen molar-refractivity contribution in [1.29, 1.82) is 0 Å². The Kier molecular flexibility index (Phi) is 5.88. The van der Waals surface area contributed by atoms with Crippen LogP contribution in [0.2, 0.25) is 0 Å². The fraction of sp³-hybridized carbons (Fsp3) is 0.938. The number of carbonyl (C=O) groups is 1. The molecule has 21 heavy (non-hydrogen) atoms. The zero-order valence-electron chi connectivity index (χ0n) is 13.6. The van der Waals surface area contributed by atoms with Gasteiger partial charge in [0.05, 0.1) is 0 Å². The second-order valence-corrected chi connectivity index (χ2v) is 7.24. The van der Waals surface area contributed by atoms with Crippen LogP contribution in [0.15, 0.2) is 0 Å². The lowest BCUT2D eigenvalue weighted by molar-refractivity contribution is 0.0496. The highest BCUT2D eigenvalue weighted by Crippen LogP contribution is 2.32. The van der Waals surface area contributed by atoms with Crippen molar-refractivity contribution in [1.82, 2.24) is 10.6 Å². The minimum atomic E-state index is -0.440. The van der Waals surface area contributed by atoms with E-state index < -0.39 is 5.60 Å². The first-order chi connectivity index (χ1) is 9.94. The second-order valence-electron chi connectivity index (χ2n) is 7.24. The first-order valence-corrected chi connectivity index (χ1v) is 8.25. The summed E-state index contributed by atoms with van der Waals surface area (Å²) in [6.07, 6.45) is 5.44. The number of amides is 1. The van der Waals surface area contributed by atoms with E-state index in [0.717, 1.165) is 39.0 Å². The van der Waals surface area contributed by atoms with E-state index >= 15 is 0 Å². The fourth-order valence-electron chi connectivity index (χ4n) is 2.69. The van der Waals surface area contributed by atoms with Gasteiger partial charge in [0.2, 0.25) is 0 Å². The maximum Gasteiger partial charge on any atom is 0.407 e. The van der Waals surface area contributed by atoms with E-state index in [9.17, 15) is 4.79 Å². The quantitative estimate of drug-likeness (QED) is 0.818. The molecule has 1 heterocycles. The first kappa shape index (κ1) is 16.6. The van der Waals surface area contributed by atoms with Gasteiger partial charge in [-0.1, -0.05) is 0 Å². The van der Waals surface area contributed by atoms with Crippen molar-refractivity contribution in [2.45, 2.75) is 70.6 Å². The molecule has 1 saturated heterocycles. The standard InChI is InChI=1S/C16H30N2O3/c1-16(2,3)21-15(19)18-14(12-6-7-12)11-17-13-5-4-9-20-10-8-13/h12-14,17H,4-11H2,1-3H3,(H,18,19). The summed E-state index contributed by atoms with van der Waals surface area (Å²) in [5, 5.41) is 6.64. The third kappa shape index (κ3) is 6.66. The van der Waals surface area contributed by atoms with Crippen LogP contribution in [0.1, 0.15) is 52.9 Å². The largest absolute Gasteiger partial charge is 0.444 e. The van der Waals surface area contributed by atoms with Gasteiger partial charge in [-0.2, -0.15) is 0 Å². The minimum absolute atomic E-state index is 0.184. The van der Waals surface area contributed by atoms with E-state index in [0.29, 0.717) is 12.0 Å². The summed E-state index contributed by atoms with van der Waals surface area (Å²) in [4.78, 5) is 11.9. The van der Waals surface area contributed by atoms with Crippen LogP contribution in [0.3, 0.4) is 0 Å². The molecule has 2 atom stereocenters. The number of carbonyl (C=O) groups excluding carboxylic acids is 1. The van der Waals surface area contributed by atoms with Crippen LogP contribution in [0, 0.1) is 5.92 Å². The molecular weight excluding hydrogens is 268 g/mol. The van der Waals surface area contributed by atoms with Gasteiger partial charge in [0, 0.05) is 31.8 Å². The Balaban J connectivity index is 1.75. The Hall–Kier alpha value is -0.810. The van der Waals surface area contributed by atoms with Gasteiger partial charge in [0.1, 0.15) is 5.60 Å². The van der Waals surface area contributed by atoms with Crippen LogP contribution >= 0.6 is 0 Å². The summed E-state index contributed by atoms with van der Waals surface area (Å²) >= 11 is 0. The molecular formula is C16H30N2O3. The highest BCUT2D eigenvalue weighted by atomic mass is 16.6. The SMILES string of the molecule is CC(C)(C)OC(=O)NC(CNC1CCCOCC1)C1CC1. The molecule has 0 aromatic heterocycles. The monoisotopic (exact) mass is 298 g/mol. The third-order valence-electron chi connectivity index (χ3n) is 3.97. The summed E-state index contributed by atoms with van der Waals surface area (Å²) in [5.41, 5.74) is -0.440. The molecule has 1 amide bonds. The molecule has 0 aromatic carbocycles. The topological polar surface area (TPSA) is 59.6 Å². The third-order valence-corrected chi connectivity index (χ3v) is 3.97. The number of rotatable bonds is 5. The van der Waals surface area contributed by atoms with Gasteiger partial charge in [-0.25, -0.2) is 4.79 Å². The Bertz CT molecular complexity index is 329. The van der Waals surface area contributed by atoms with Crippen molar-refractivity contribution in [3.63, 3.8) is 0 Å². The number of hydrogen-bond donors (Lipinski definition) is 2. The molecule has 1 aliphatic carbocycles. The van der Waals surface area contributed by atoms with E-state index in [1.807, 2.05) is 20.8 Å². The average Bonchev–Trinajstić information content (AvgIpc) is 3.19. The molecule has 1 aliphatic heterocycles. The van der Waals surface area contributed by atoms with E-state index in [-0.39, 0.29) is 12.1 Å². The summed E-state index contributed by atoms with van der Waals surface area (Å²) in [6.45, 7) is 8.22. The van der Waals surface area contributed by atoms with E-state index in [1.165, 1.54) is 12.8 Å². The molecule has 5 nitrogen and oxygen atoms in total. The van der Waals surface area contributed by atoms with Crippen LogP contribution < -0.4 is 10.6 Å². The summed E-state index contributed by atoms with van der Waals surface area (Å²) in [7, 11) is 0. The van der Waals surface area contributed by atoms with Crippen LogP contribution in [-0.4, -0.2) is 43.5 Å². The molecule has 2 fully saturated rings. The number of ether oxygens (including phenoxy) is 2. The lowest BCUT2D eigenvalue weighted by Crippen LogP contribution is -2.47. The van der Waals surface area contributed by atoms with Gasteiger partial charge in [0.15, 0.2) is 0 Å². The highest BCUT2D eigenvalue weighted by molar-refractivity contribution is 5.68. The Morgan fingerprint density at radius 2 is 2.00 bits per heavy atom. The molecule has 2 rings (SSSR count). The van der Waals surface area contributed by atoms with Crippen molar-refractivity contribution in [2.75, 3.05) is 19.8 Å². The zero-order chi connectivity index (χ0) is 15.3. The van der Waals surface area contributed by atoms with Gasteiger partial charge in [0.25, 0.3) is 0 Å². The van der Waals surface area contributed by atoms with E-state index in [1.54, 1.807) is 0 Å². The smallest absolute Gasteiger partial charge is 0.407 e. The van der Waals surface area contributed by atoms with E-state index in [4.69, 9.17) is 9.47 Å². The normalized spacial score (nSPS) is 25.0. The maximum absolute atomic E-state index is 11.9. The minimum Gasteiger partial charge on any atom is -0.444 e. The van der Waals surface area contributed by atoms with Gasteiger partial charge in [-0.3, -0.25) is 0 Å². The number of alkyl carbamates (subject to hydrolysis) is 1. The van der Waals surface area contributed by atoms with Crippen LogP contribution in [0.25, 0.3) is 0 Å². The van der Waals surface area contributed by atoms with Crippen LogP contribution in [0.4, 0.5) is 4.79 Å². The molecule has 1 saturated carbocycles. The molecule has 2 unspecified atom stereocenters. The average molecular weight is 298 g/mol. The lowest BCUT2D eigenvalue weighted by atomic mass is 10.1. The summed E-state index contributed by atoms with van der Waals surface area (Å²) in [6, 6.07) is 0.693. The van der Waals surface area contributed by atoms with Gasteiger partial charge < -0.3 is 20.1 Å². The van der Waals surface area contributed by atoms with Gasteiger partial charge in [-0.05, 0) is 58.8 Å². The molecule has 122 valence electrons. The molecule has 0 spiro atoms. The van der Waals surface area contributed by atoms with Crippen LogP contribution in [-0.2, 0) is 9.47 Å². The van der Waals surface area contributed by atoms with Crippen molar-refractivity contribution < 1.29 is 14.3 Å². The van der Waals surface area contributed by atoms with Gasteiger partial charge in [-0.15, -0.1) is 0 Å². The zero-order valence-corrected chi connectivity index (χ0v) is 13.6. The van der Waals surface area contributed by atoms with Crippen molar-refractivity contribution in [2.24, 2.45) is 5.92 Å². The molecule has 0 radical (unpaired) electrons. The predicted octanol–water partition coefficient (Wildman–Crippen LogP) is 2.45. The Labute approximate surface area is 128 Å². The number of hydrogen-bond acceptors (Lipinski definition) is 4. The first-order valence-electron chi connectivity index (χ1n) is 8.25. The van der Waals surface area contributed by atoms with Crippen molar-refractivity contribution >= 4 is 6.09 Å². The predicted molar refractivity (Wildman–Crippen MR) is 82.3 cm³/mol. The Morgan fingerprint density at radius 1 is 1.24 bits per heavy atom. The Morgan fingerprint density at radius 3 is 2.67 bits per heavy atom. The van der Waals surface area contributed by atoms with Gasteiger partial charge >= 0.3 is 6.09 Å². The summed E-state index contributed by atoms with van der Waals surface area (Å²) in [5.74, 6) is 0.604. The molecule has 2 N–H and O–H groups in total. The fourth-order valence-corrected chi connectivity index (χ4v) is 2.69. The van der Waals surface area contributed by atoms with Crippen molar-refractivity contribution in [3.05, 3.63) is 0 Å². The molecule has 0 bridgehead atoms. The molecule has 0 aromatic rings. The lowest BCUT2D eigenvalue weighted by Gasteiger charge is -2.25. The van der Waals surface area contributed by atoms with Crippen LogP contribution in [0.5, 0.6) is 0 Å². The molecule has 5 heteroatoms. The van der Waals surface area contributed by atoms with E-state index in [2.05, 4.69) is 10.6 Å². The van der Waals surface area contributed by atoms with Crippen molar-refractivity contribution in [3.8, 4) is 0 Å². The molecule has 2 aliphatic rings. The maximum atomic E-state index is 11.9. The summed E-state index contributed by atoms with van der Waals surface area (Å²) < 4.78 is 10.8. The second kappa shape index (κ2) is 7.45. The number of nitrogens with one attached hydrogen (secondary N) is 2. The highest BCUT2D eigenvalue weighted by Gasteiger charge is 2.33.